The van der Waals surface area contributed by atoms with Crippen molar-refractivity contribution in [2.24, 2.45) is 5.92 Å². The Morgan fingerprint density at radius 3 is 2.28 bits per heavy atom. The van der Waals surface area contributed by atoms with E-state index in [1.54, 1.807) is 16.7 Å². The number of aromatic nitrogens is 2. The van der Waals surface area contributed by atoms with E-state index in [9.17, 15) is 14.4 Å². The van der Waals surface area contributed by atoms with Crippen LogP contribution in [-0.2, 0) is 11.2 Å². The number of carbonyl (C=O) groups excluding carboxylic acids is 3. The second-order valence-corrected chi connectivity index (χ2v) is 10.4. The Morgan fingerprint density at radius 1 is 0.974 bits per heavy atom. The Balaban J connectivity index is 1.60. The van der Waals surface area contributed by atoms with Crippen molar-refractivity contribution in [1.29, 1.82) is 0 Å². The van der Waals surface area contributed by atoms with Crippen LogP contribution in [-0.4, -0.2) is 69.8 Å². The van der Waals surface area contributed by atoms with Gasteiger partial charge in [0.05, 0.1) is 12.3 Å². The summed E-state index contributed by atoms with van der Waals surface area (Å²) in [5, 5.41) is 0. The van der Waals surface area contributed by atoms with Crippen LogP contribution < -0.4 is 0 Å². The van der Waals surface area contributed by atoms with Gasteiger partial charge in [0.2, 0.25) is 0 Å². The van der Waals surface area contributed by atoms with E-state index >= 15 is 0 Å². The summed E-state index contributed by atoms with van der Waals surface area (Å²) in [5.41, 5.74) is 3.05. The summed E-state index contributed by atoms with van der Waals surface area (Å²) in [6, 6.07) is 16.8. The average Bonchev–Trinajstić information content (AvgIpc) is 2.95. The lowest BCUT2D eigenvalue weighted by molar-refractivity contribution is 0.0399. The lowest BCUT2D eigenvalue weighted by atomic mass is 10.1. The molecule has 1 saturated heterocycles. The Kier molecular flexibility index (Phi) is 8.74. The minimum absolute atomic E-state index is 0.0252. The SMILES string of the molecule is CCc1ccc(C(=O)N2CCN(C(=O)c3nc(-c4ccccc4)nc(C)c3C(=O)OCC(C)C)CC2C)cc1. The van der Waals surface area contributed by atoms with E-state index in [1.165, 1.54) is 5.56 Å². The highest BCUT2D eigenvalue weighted by atomic mass is 16.5. The summed E-state index contributed by atoms with van der Waals surface area (Å²) >= 11 is 0. The van der Waals surface area contributed by atoms with E-state index < -0.39 is 5.97 Å². The van der Waals surface area contributed by atoms with Gasteiger partial charge in [0.15, 0.2) is 5.82 Å². The predicted molar refractivity (Wildman–Crippen MR) is 150 cm³/mol. The third kappa shape index (κ3) is 6.33. The molecule has 1 aliphatic heterocycles. The minimum Gasteiger partial charge on any atom is -0.462 e. The van der Waals surface area contributed by atoms with Gasteiger partial charge in [0, 0.05) is 36.8 Å². The smallest absolute Gasteiger partial charge is 0.342 e. The molecule has 4 rings (SSSR count). The van der Waals surface area contributed by atoms with Gasteiger partial charge in [0.1, 0.15) is 11.3 Å². The van der Waals surface area contributed by atoms with Crippen molar-refractivity contribution in [2.45, 2.75) is 47.1 Å². The number of esters is 1. The van der Waals surface area contributed by atoms with Crippen molar-refractivity contribution < 1.29 is 19.1 Å². The van der Waals surface area contributed by atoms with Crippen LogP contribution in [0.25, 0.3) is 11.4 Å². The van der Waals surface area contributed by atoms with Gasteiger partial charge in [-0.25, -0.2) is 14.8 Å². The quantitative estimate of drug-likeness (QED) is 0.409. The zero-order chi connectivity index (χ0) is 28.1. The first-order valence-electron chi connectivity index (χ1n) is 13.5. The van der Waals surface area contributed by atoms with E-state index in [2.05, 4.69) is 16.9 Å². The summed E-state index contributed by atoms with van der Waals surface area (Å²) in [7, 11) is 0. The number of carbonyl (C=O) groups is 3. The number of ether oxygens (including phenoxy) is 1. The molecule has 0 spiro atoms. The van der Waals surface area contributed by atoms with Crippen molar-refractivity contribution in [1.82, 2.24) is 19.8 Å². The van der Waals surface area contributed by atoms with Crippen LogP contribution >= 0.6 is 0 Å². The van der Waals surface area contributed by atoms with E-state index in [-0.39, 0.29) is 41.6 Å². The third-order valence-corrected chi connectivity index (χ3v) is 6.86. The monoisotopic (exact) mass is 528 g/mol. The van der Waals surface area contributed by atoms with Gasteiger partial charge in [0.25, 0.3) is 11.8 Å². The predicted octanol–water partition coefficient (Wildman–Crippen LogP) is 4.81. The molecule has 0 N–H and O–H groups in total. The standard InChI is InChI=1S/C31H36N4O4/c1-6-23-12-14-25(15-13-23)29(36)35-17-16-34(18-21(35)4)30(37)27-26(31(38)39-19-20(2)3)22(5)32-28(33-27)24-10-8-7-9-11-24/h7-15,20-21H,6,16-19H2,1-5H3. The highest BCUT2D eigenvalue weighted by Crippen LogP contribution is 2.23. The Labute approximate surface area is 230 Å². The maximum atomic E-state index is 13.9. The van der Waals surface area contributed by atoms with Crippen molar-refractivity contribution in [2.75, 3.05) is 26.2 Å². The first-order valence-corrected chi connectivity index (χ1v) is 13.5. The minimum atomic E-state index is -0.610. The zero-order valence-electron chi connectivity index (χ0n) is 23.3. The Bertz CT molecular complexity index is 1340. The molecule has 1 aromatic heterocycles. The Morgan fingerprint density at radius 2 is 1.67 bits per heavy atom. The summed E-state index contributed by atoms with van der Waals surface area (Å²) in [4.78, 5) is 52.8. The molecule has 1 aliphatic rings. The van der Waals surface area contributed by atoms with Crippen LogP contribution in [0, 0.1) is 12.8 Å². The van der Waals surface area contributed by atoms with Gasteiger partial charge in [-0.15, -0.1) is 0 Å². The van der Waals surface area contributed by atoms with Gasteiger partial charge < -0.3 is 14.5 Å². The molecular formula is C31H36N4O4. The van der Waals surface area contributed by atoms with Crippen LogP contribution in [0.5, 0.6) is 0 Å². The summed E-state index contributed by atoms with van der Waals surface area (Å²) in [5.74, 6) is -0.529. The summed E-state index contributed by atoms with van der Waals surface area (Å²) in [6.07, 6.45) is 0.910. The maximum Gasteiger partial charge on any atom is 0.342 e. The highest BCUT2D eigenvalue weighted by molar-refractivity contribution is 6.05. The van der Waals surface area contributed by atoms with Crippen molar-refractivity contribution in [3.63, 3.8) is 0 Å². The molecule has 3 aromatic rings. The molecule has 0 radical (unpaired) electrons. The first-order chi connectivity index (χ1) is 18.7. The van der Waals surface area contributed by atoms with Crippen LogP contribution in [0.15, 0.2) is 54.6 Å². The molecule has 0 aliphatic carbocycles. The van der Waals surface area contributed by atoms with E-state index in [0.717, 1.165) is 12.0 Å². The number of rotatable bonds is 7. The average molecular weight is 529 g/mol. The van der Waals surface area contributed by atoms with Gasteiger partial charge in [-0.05, 0) is 43.9 Å². The van der Waals surface area contributed by atoms with Gasteiger partial charge in [-0.2, -0.15) is 0 Å². The lowest BCUT2D eigenvalue weighted by Gasteiger charge is -2.40. The molecule has 8 heteroatoms. The fourth-order valence-electron chi connectivity index (χ4n) is 4.65. The summed E-state index contributed by atoms with van der Waals surface area (Å²) in [6.45, 7) is 10.8. The molecule has 1 atom stereocenters. The molecule has 8 nitrogen and oxygen atoms in total. The molecule has 0 bridgehead atoms. The highest BCUT2D eigenvalue weighted by Gasteiger charge is 2.34. The van der Waals surface area contributed by atoms with Crippen LogP contribution in [0.4, 0.5) is 0 Å². The number of amides is 2. The maximum absolute atomic E-state index is 13.9. The van der Waals surface area contributed by atoms with Crippen LogP contribution in [0.3, 0.4) is 0 Å². The van der Waals surface area contributed by atoms with Crippen LogP contribution in [0.1, 0.15) is 70.2 Å². The van der Waals surface area contributed by atoms with Crippen molar-refractivity contribution in [3.05, 3.63) is 82.7 Å². The number of piperazine rings is 1. The van der Waals surface area contributed by atoms with Gasteiger partial charge in [-0.1, -0.05) is 63.2 Å². The fraction of sp³-hybridized carbons (Fsp3) is 0.387. The van der Waals surface area contributed by atoms with Gasteiger partial charge >= 0.3 is 5.97 Å². The van der Waals surface area contributed by atoms with Gasteiger partial charge in [-0.3, -0.25) is 9.59 Å². The number of nitrogens with zero attached hydrogens (tertiary/aromatic N) is 4. The van der Waals surface area contributed by atoms with E-state index in [1.807, 2.05) is 75.4 Å². The molecule has 39 heavy (non-hydrogen) atoms. The number of aryl methyl sites for hydroxylation is 2. The normalized spacial score (nSPS) is 15.4. The molecule has 2 amide bonds. The molecule has 2 aromatic carbocycles. The largest absolute Gasteiger partial charge is 0.462 e. The van der Waals surface area contributed by atoms with Crippen molar-refractivity contribution >= 4 is 17.8 Å². The van der Waals surface area contributed by atoms with Crippen molar-refractivity contribution in [3.8, 4) is 11.4 Å². The van der Waals surface area contributed by atoms with Crippen LogP contribution in [0.2, 0.25) is 0 Å². The lowest BCUT2D eigenvalue weighted by Crippen LogP contribution is -2.55. The summed E-state index contributed by atoms with van der Waals surface area (Å²) < 4.78 is 5.49. The second kappa shape index (κ2) is 12.2. The van der Waals surface area contributed by atoms with E-state index in [4.69, 9.17) is 4.74 Å². The molecular weight excluding hydrogens is 492 g/mol. The number of hydrogen-bond acceptors (Lipinski definition) is 6. The molecule has 0 saturated carbocycles. The first kappa shape index (κ1) is 28.0. The van der Waals surface area contributed by atoms with E-state index in [0.29, 0.717) is 36.7 Å². The fourth-order valence-corrected chi connectivity index (χ4v) is 4.65. The third-order valence-electron chi connectivity index (χ3n) is 6.86. The second-order valence-electron chi connectivity index (χ2n) is 10.4. The topological polar surface area (TPSA) is 92.7 Å². The molecule has 204 valence electrons. The Hall–Kier alpha value is -4.07. The number of benzene rings is 2. The molecule has 1 unspecified atom stereocenters. The zero-order valence-corrected chi connectivity index (χ0v) is 23.3. The molecule has 2 heterocycles. The molecule has 1 fully saturated rings. The number of hydrogen-bond donors (Lipinski definition) is 0.